The molecule has 0 aliphatic rings. The van der Waals surface area contributed by atoms with Gasteiger partial charge in [-0.25, -0.2) is 14.4 Å². The molecule has 0 saturated carbocycles. The van der Waals surface area contributed by atoms with Crippen molar-refractivity contribution in [2.45, 2.75) is 26.2 Å². The number of aromatic amines is 2. The van der Waals surface area contributed by atoms with E-state index in [1.165, 1.54) is 0 Å². The van der Waals surface area contributed by atoms with Crippen molar-refractivity contribution in [1.82, 2.24) is 28.2 Å². The lowest BCUT2D eigenvalue weighted by molar-refractivity contribution is 0.533. The SMILES string of the molecule is O=c1[nH]c2ccccc2n1CCn1c(=O)n(CCn2c(=O)[nH]c3ccccc32)c2ccccc21. The van der Waals surface area contributed by atoms with E-state index in [1.807, 2.05) is 72.8 Å². The van der Waals surface area contributed by atoms with E-state index in [0.29, 0.717) is 26.2 Å². The summed E-state index contributed by atoms with van der Waals surface area (Å²) in [6.07, 6.45) is 0. The van der Waals surface area contributed by atoms with E-state index in [-0.39, 0.29) is 17.1 Å². The normalized spacial score (nSPS) is 11.8. The second-order valence-electron chi connectivity index (χ2n) is 8.27. The first-order chi connectivity index (χ1) is 16.6. The zero-order valence-electron chi connectivity index (χ0n) is 18.3. The van der Waals surface area contributed by atoms with Crippen LogP contribution in [0.2, 0.25) is 0 Å². The number of hydrogen-bond donors (Lipinski definition) is 2. The third-order valence-electron chi connectivity index (χ3n) is 6.38. The molecule has 170 valence electrons. The van der Waals surface area contributed by atoms with E-state index >= 15 is 0 Å². The van der Waals surface area contributed by atoms with Gasteiger partial charge in [-0.3, -0.25) is 18.3 Å². The van der Waals surface area contributed by atoms with Crippen LogP contribution in [-0.2, 0) is 26.2 Å². The number of nitrogens with zero attached hydrogens (tertiary/aromatic N) is 4. The maximum atomic E-state index is 13.4. The molecule has 0 unspecified atom stereocenters. The Morgan fingerprint density at radius 1 is 0.471 bits per heavy atom. The number of H-pyrrole nitrogens is 2. The van der Waals surface area contributed by atoms with Crippen molar-refractivity contribution in [3.05, 3.63) is 104 Å². The van der Waals surface area contributed by atoms with Crippen molar-refractivity contribution < 1.29 is 0 Å². The van der Waals surface area contributed by atoms with Crippen LogP contribution < -0.4 is 17.1 Å². The van der Waals surface area contributed by atoms with Gasteiger partial charge < -0.3 is 9.97 Å². The highest BCUT2D eigenvalue weighted by molar-refractivity contribution is 5.77. The Hall–Kier alpha value is -4.53. The Labute approximate surface area is 192 Å². The number of nitrogens with one attached hydrogen (secondary N) is 2. The predicted octanol–water partition coefficient (Wildman–Crippen LogP) is 2.49. The minimum absolute atomic E-state index is 0.165. The summed E-state index contributed by atoms with van der Waals surface area (Å²) >= 11 is 0. The van der Waals surface area contributed by atoms with Gasteiger partial charge in [0, 0.05) is 26.2 Å². The fraction of sp³-hybridized carbons (Fsp3) is 0.160. The molecule has 0 atom stereocenters. The number of imidazole rings is 3. The smallest absolute Gasteiger partial charge is 0.306 e. The van der Waals surface area contributed by atoms with E-state index < -0.39 is 0 Å². The summed E-state index contributed by atoms with van der Waals surface area (Å²) in [5.41, 5.74) is 4.19. The lowest BCUT2D eigenvalue weighted by Crippen LogP contribution is -2.29. The zero-order valence-corrected chi connectivity index (χ0v) is 18.3. The molecule has 3 aromatic carbocycles. The monoisotopic (exact) mass is 454 g/mol. The first-order valence-electron chi connectivity index (χ1n) is 11.1. The molecule has 6 rings (SSSR count). The second-order valence-corrected chi connectivity index (χ2v) is 8.27. The van der Waals surface area contributed by atoms with Gasteiger partial charge in [-0.2, -0.15) is 0 Å². The van der Waals surface area contributed by atoms with Crippen molar-refractivity contribution in [2.24, 2.45) is 0 Å². The third kappa shape index (κ3) is 3.13. The molecule has 0 bridgehead atoms. The van der Waals surface area contributed by atoms with E-state index in [0.717, 1.165) is 33.1 Å². The van der Waals surface area contributed by atoms with Crippen LogP contribution in [0.5, 0.6) is 0 Å². The molecular formula is C25H22N6O3. The first-order valence-corrected chi connectivity index (χ1v) is 11.1. The van der Waals surface area contributed by atoms with E-state index in [4.69, 9.17) is 0 Å². The fourth-order valence-corrected chi connectivity index (χ4v) is 4.76. The molecule has 3 aromatic heterocycles. The van der Waals surface area contributed by atoms with Crippen LogP contribution >= 0.6 is 0 Å². The lowest BCUT2D eigenvalue weighted by Gasteiger charge is -2.06. The summed E-state index contributed by atoms with van der Waals surface area (Å²) < 4.78 is 6.70. The largest absolute Gasteiger partial charge is 0.329 e. The number of hydrogen-bond acceptors (Lipinski definition) is 3. The van der Waals surface area contributed by atoms with E-state index in [9.17, 15) is 14.4 Å². The van der Waals surface area contributed by atoms with Crippen molar-refractivity contribution in [1.29, 1.82) is 0 Å². The molecule has 0 amide bonds. The van der Waals surface area contributed by atoms with Crippen LogP contribution in [0.25, 0.3) is 33.1 Å². The molecule has 3 heterocycles. The van der Waals surface area contributed by atoms with Gasteiger partial charge in [0.1, 0.15) is 0 Å². The molecule has 9 heteroatoms. The summed E-state index contributed by atoms with van der Waals surface area (Å²) in [5, 5.41) is 0. The number of aromatic nitrogens is 6. The van der Waals surface area contributed by atoms with Crippen LogP contribution in [0, 0.1) is 0 Å². The minimum Gasteiger partial charge on any atom is -0.306 e. The highest BCUT2D eigenvalue weighted by atomic mass is 16.2. The van der Waals surface area contributed by atoms with E-state index in [2.05, 4.69) is 9.97 Å². The Balaban J connectivity index is 1.35. The molecule has 0 aliphatic heterocycles. The van der Waals surface area contributed by atoms with Gasteiger partial charge in [0.2, 0.25) is 0 Å². The summed E-state index contributed by atoms with van der Waals surface area (Å²) in [7, 11) is 0. The van der Waals surface area contributed by atoms with Crippen LogP contribution in [0.3, 0.4) is 0 Å². The molecule has 0 aliphatic carbocycles. The van der Waals surface area contributed by atoms with E-state index in [1.54, 1.807) is 18.3 Å². The van der Waals surface area contributed by atoms with Gasteiger partial charge in [0.25, 0.3) is 0 Å². The molecule has 0 spiro atoms. The highest BCUT2D eigenvalue weighted by Crippen LogP contribution is 2.15. The number of aryl methyl sites for hydroxylation is 4. The summed E-state index contributed by atoms with van der Waals surface area (Å²) in [6.45, 7) is 1.42. The quantitative estimate of drug-likeness (QED) is 0.404. The average Bonchev–Trinajstić information content (AvgIpc) is 3.44. The van der Waals surface area contributed by atoms with Gasteiger partial charge in [0.05, 0.1) is 33.1 Å². The Bertz CT molecular complexity index is 1710. The average molecular weight is 454 g/mol. The standard InChI is InChI=1S/C25H22N6O3/c32-23-26-17-7-1-3-9-19(17)28(23)13-15-30-21-11-5-6-12-22(21)31(25(30)34)16-14-29-20-10-4-2-8-18(20)27-24(29)33/h1-12H,13-16H2,(H,26,32)(H,27,33). The first kappa shape index (κ1) is 20.1. The molecule has 0 saturated heterocycles. The molecule has 0 radical (unpaired) electrons. The van der Waals surface area contributed by atoms with Gasteiger partial charge in [-0.05, 0) is 36.4 Å². The maximum Gasteiger partial charge on any atom is 0.329 e. The summed E-state index contributed by atoms with van der Waals surface area (Å²) in [4.78, 5) is 44.1. The number of fused-ring (bicyclic) bond motifs is 3. The summed E-state index contributed by atoms with van der Waals surface area (Å²) in [6, 6.07) is 22.6. The maximum absolute atomic E-state index is 13.4. The predicted molar refractivity (Wildman–Crippen MR) is 131 cm³/mol. The molecule has 2 N–H and O–H groups in total. The van der Waals surface area contributed by atoms with Crippen molar-refractivity contribution in [3.63, 3.8) is 0 Å². The Morgan fingerprint density at radius 3 is 1.26 bits per heavy atom. The molecule has 6 aromatic rings. The topological polar surface area (TPSA) is 103 Å². The zero-order chi connectivity index (χ0) is 23.2. The summed E-state index contributed by atoms with van der Waals surface area (Å²) in [5.74, 6) is 0. The second kappa shape index (κ2) is 7.80. The third-order valence-corrected chi connectivity index (χ3v) is 6.38. The Kier molecular flexibility index (Phi) is 4.61. The van der Waals surface area contributed by atoms with Gasteiger partial charge in [0.15, 0.2) is 0 Å². The van der Waals surface area contributed by atoms with Crippen LogP contribution in [0.1, 0.15) is 0 Å². The Morgan fingerprint density at radius 2 is 0.824 bits per heavy atom. The minimum atomic E-state index is -0.198. The fourth-order valence-electron chi connectivity index (χ4n) is 4.76. The highest BCUT2D eigenvalue weighted by Gasteiger charge is 2.15. The van der Waals surface area contributed by atoms with Crippen LogP contribution in [0.15, 0.2) is 87.2 Å². The van der Waals surface area contributed by atoms with Gasteiger partial charge in [-0.1, -0.05) is 36.4 Å². The van der Waals surface area contributed by atoms with Crippen molar-refractivity contribution in [3.8, 4) is 0 Å². The molecule has 9 nitrogen and oxygen atoms in total. The van der Waals surface area contributed by atoms with Crippen LogP contribution in [0.4, 0.5) is 0 Å². The number of rotatable bonds is 6. The lowest BCUT2D eigenvalue weighted by atomic mass is 10.3. The molecular weight excluding hydrogens is 432 g/mol. The molecule has 34 heavy (non-hydrogen) atoms. The van der Waals surface area contributed by atoms with Gasteiger partial charge in [-0.15, -0.1) is 0 Å². The van der Waals surface area contributed by atoms with Crippen molar-refractivity contribution in [2.75, 3.05) is 0 Å². The number of para-hydroxylation sites is 6. The van der Waals surface area contributed by atoms with Gasteiger partial charge >= 0.3 is 17.1 Å². The van der Waals surface area contributed by atoms with Crippen molar-refractivity contribution >= 4 is 33.1 Å². The van der Waals surface area contributed by atoms with Crippen LogP contribution in [-0.4, -0.2) is 28.2 Å². The number of benzene rings is 3. The molecule has 0 fully saturated rings.